The van der Waals surface area contributed by atoms with Crippen LogP contribution >= 0.6 is 11.3 Å². The monoisotopic (exact) mass is 275 g/mol. The zero-order chi connectivity index (χ0) is 13.6. The van der Waals surface area contributed by atoms with Gasteiger partial charge in [0.05, 0.1) is 0 Å². The lowest BCUT2D eigenvalue weighted by Crippen LogP contribution is -2.08. The zero-order valence-electron chi connectivity index (χ0n) is 11.5. The average Bonchev–Trinajstić information content (AvgIpc) is 2.90. The summed E-state index contributed by atoms with van der Waals surface area (Å²) in [6.45, 7) is 9.38. The van der Waals surface area contributed by atoms with Crippen molar-refractivity contribution in [1.82, 2.24) is 20.4 Å². The van der Waals surface area contributed by atoms with Crippen LogP contribution in [0.5, 0.6) is 0 Å². The van der Waals surface area contributed by atoms with E-state index in [-0.39, 0.29) is 0 Å². The minimum atomic E-state index is 0.580. The van der Waals surface area contributed by atoms with Gasteiger partial charge in [0.25, 0.3) is 0 Å². The number of aryl methyl sites for hydroxylation is 2. The average molecular weight is 275 g/mol. The van der Waals surface area contributed by atoms with Crippen molar-refractivity contribution in [1.29, 1.82) is 0 Å². The molecule has 3 aromatic rings. The highest BCUT2D eigenvalue weighted by Crippen LogP contribution is 2.37. The van der Waals surface area contributed by atoms with Crippen LogP contribution in [-0.2, 0) is 0 Å². The fourth-order valence-corrected chi connectivity index (χ4v) is 3.14. The normalized spacial score (nSPS) is 11.8. The Hall–Kier alpha value is -1.69. The number of anilines is 1. The Labute approximate surface area is 115 Å². The number of aromatic amines is 1. The first-order valence-electron chi connectivity index (χ1n) is 6.42. The van der Waals surface area contributed by atoms with Crippen LogP contribution in [0.25, 0.3) is 20.4 Å². The van der Waals surface area contributed by atoms with Gasteiger partial charge in [-0.15, -0.1) is 21.5 Å². The first-order chi connectivity index (χ1) is 9.08. The molecule has 5 nitrogen and oxygen atoms in total. The molecule has 0 aliphatic rings. The number of nitrogens with zero attached hydrogens (tertiary/aromatic N) is 3. The molecular formula is C13H17N5S. The van der Waals surface area contributed by atoms with Crippen LogP contribution in [0.1, 0.15) is 25.1 Å². The lowest BCUT2D eigenvalue weighted by Gasteiger charge is -2.04. The maximum Gasteiger partial charge on any atom is 0.168 e. The van der Waals surface area contributed by atoms with Crippen LogP contribution in [0.3, 0.4) is 0 Å². The second-order valence-corrected chi connectivity index (χ2v) is 6.26. The van der Waals surface area contributed by atoms with Gasteiger partial charge < -0.3 is 5.32 Å². The molecule has 2 N–H and O–H groups in total. The van der Waals surface area contributed by atoms with E-state index < -0.39 is 0 Å². The number of thiophene rings is 1. The largest absolute Gasteiger partial charge is 0.367 e. The third-order valence-electron chi connectivity index (χ3n) is 3.27. The highest BCUT2D eigenvalue weighted by molar-refractivity contribution is 7.26. The van der Waals surface area contributed by atoms with Gasteiger partial charge in [0.15, 0.2) is 5.82 Å². The molecule has 0 saturated heterocycles. The summed E-state index contributed by atoms with van der Waals surface area (Å²) in [7, 11) is 0. The van der Waals surface area contributed by atoms with Crippen LogP contribution in [0.15, 0.2) is 0 Å². The molecule has 0 aliphatic heterocycles. The summed E-state index contributed by atoms with van der Waals surface area (Å²) >= 11 is 1.64. The summed E-state index contributed by atoms with van der Waals surface area (Å²) in [6.07, 6.45) is 0. The Kier molecular flexibility index (Phi) is 2.89. The molecule has 0 fully saturated rings. The van der Waals surface area contributed by atoms with E-state index in [1.807, 2.05) is 6.92 Å². The molecule has 0 bridgehead atoms. The number of nitrogens with one attached hydrogen (secondary N) is 2. The summed E-state index contributed by atoms with van der Waals surface area (Å²) in [5.74, 6) is 1.46. The van der Waals surface area contributed by atoms with Crippen LogP contribution in [0.4, 0.5) is 5.82 Å². The molecule has 3 heterocycles. The molecule has 3 aromatic heterocycles. The quantitative estimate of drug-likeness (QED) is 0.770. The van der Waals surface area contributed by atoms with E-state index in [0.717, 1.165) is 38.5 Å². The van der Waals surface area contributed by atoms with Crippen molar-refractivity contribution in [2.75, 3.05) is 11.9 Å². The van der Waals surface area contributed by atoms with Crippen LogP contribution in [0.2, 0.25) is 0 Å². The van der Waals surface area contributed by atoms with Crippen molar-refractivity contribution in [2.24, 2.45) is 5.92 Å². The van der Waals surface area contributed by atoms with E-state index in [0.29, 0.717) is 5.92 Å². The zero-order valence-corrected chi connectivity index (χ0v) is 12.4. The highest BCUT2D eigenvalue weighted by atomic mass is 32.1. The van der Waals surface area contributed by atoms with E-state index in [4.69, 9.17) is 0 Å². The van der Waals surface area contributed by atoms with Crippen molar-refractivity contribution < 1.29 is 0 Å². The summed E-state index contributed by atoms with van der Waals surface area (Å²) < 4.78 is 1.10. The number of fused-ring (bicyclic) bond motifs is 3. The van der Waals surface area contributed by atoms with Crippen LogP contribution in [0, 0.1) is 19.8 Å². The van der Waals surface area contributed by atoms with Crippen molar-refractivity contribution in [3.63, 3.8) is 0 Å². The van der Waals surface area contributed by atoms with Gasteiger partial charge in [-0.05, 0) is 25.3 Å². The summed E-state index contributed by atoms with van der Waals surface area (Å²) in [5.41, 5.74) is 3.24. The van der Waals surface area contributed by atoms with Crippen molar-refractivity contribution in [2.45, 2.75) is 27.7 Å². The molecule has 0 aliphatic carbocycles. The number of aromatic nitrogens is 4. The highest BCUT2D eigenvalue weighted by Gasteiger charge is 2.17. The lowest BCUT2D eigenvalue weighted by atomic mass is 10.1. The van der Waals surface area contributed by atoms with Gasteiger partial charge in [0.2, 0.25) is 0 Å². The van der Waals surface area contributed by atoms with E-state index in [1.165, 1.54) is 5.56 Å². The van der Waals surface area contributed by atoms with Crippen LogP contribution < -0.4 is 5.32 Å². The second-order valence-electron chi connectivity index (χ2n) is 5.26. The third kappa shape index (κ3) is 1.96. The third-order valence-corrected chi connectivity index (χ3v) is 4.35. The molecule has 100 valence electrons. The SMILES string of the molecule is Cc1[nH]nc2sc3c(NCC(C)C)nnc3c2c1C. The molecular weight excluding hydrogens is 258 g/mol. The van der Waals surface area contributed by atoms with Crippen molar-refractivity contribution >= 4 is 37.6 Å². The minimum Gasteiger partial charge on any atom is -0.367 e. The minimum absolute atomic E-state index is 0.580. The number of H-pyrrole nitrogens is 1. The van der Waals surface area contributed by atoms with Crippen LogP contribution in [-0.4, -0.2) is 26.9 Å². The van der Waals surface area contributed by atoms with Gasteiger partial charge in [-0.1, -0.05) is 13.8 Å². The lowest BCUT2D eigenvalue weighted by molar-refractivity contribution is 0.687. The second kappa shape index (κ2) is 4.45. The predicted octanol–water partition coefficient (Wildman–Crippen LogP) is 3.25. The van der Waals surface area contributed by atoms with Gasteiger partial charge in [-0.25, -0.2) is 0 Å². The van der Waals surface area contributed by atoms with E-state index in [9.17, 15) is 0 Å². The number of hydrogen-bond acceptors (Lipinski definition) is 5. The first kappa shape index (κ1) is 12.3. The fraction of sp³-hybridized carbons (Fsp3) is 0.462. The van der Waals surface area contributed by atoms with E-state index in [2.05, 4.69) is 46.5 Å². The molecule has 0 radical (unpaired) electrons. The molecule has 0 atom stereocenters. The van der Waals surface area contributed by atoms with E-state index >= 15 is 0 Å². The van der Waals surface area contributed by atoms with Gasteiger partial charge in [-0.3, -0.25) is 5.10 Å². The molecule has 3 rings (SSSR count). The van der Waals surface area contributed by atoms with Gasteiger partial charge in [0, 0.05) is 17.6 Å². The Morgan fingerprint density at radius 2 is 2.05 bits per heavy atom. The molecule has 19 heavy (non-hydrogen) atoms. The molecule has 0 aromatic carbocycles. The topological polar surface area (TPSA) is 66.5 Å². The van der Waals surface area contributed by atoms with Crippen molar-refractivity contribution in [3.05, 3.63) is 11.3 Å². The standard InChI is InChI=1S/C13H17N5S/c1-6(2)5-14-12-11-10(16-17-12)9-7(3)8(4)15-18-13(9)19-11/h6,14-15H,5H2,1-4H3. The smallest absolute Gasteiger partial charge is 0.168 e. The molecule has 0 unspecified atom stereocenters. The van der Waals surface area contributed by atoms with Gasteiger partial charge >= 0.3 is 0 Å². The molecule has 0 amide bonds. The van der Waals surface area contributed by atoms with Crippen molar-refractivity contribution in [3.8, 4) is 0 Å². The summed E-state index contributed by atoms with van der Waals surface area (Å²) in [5, 5.41) is 20.5. The Bertz CT molecular complexity index is 740. The maximum absolute atomic E-state index is 4.39. The molecule has 6 heteroatoms. The number of hydrogen-bond donors (Lipinski definition) is 2. The summed E-state index contributed by atoms with van der Waals surface area (Å²) in [6, 6.07) is 0. The predicted molar refractivity (Wildman–Crippen MR) is 79.9 cm³/mol. The Balaban J connectivity index is 2.16. The maximum atomic E-state index is 4.39. The number of rotatable bonds is 3. The van der Waals surface area contributed by atoms with Gasteiger partial charge in [-0.2, -0.15) is 5.10 Å². The molecule has 0 spiro atoms. The molecule has 0 saturated carbocycles. The van der Waals surface area contributed by atoms with Gasteiger partial charge in [0.1, 0.15) is 15.0 Å². The fourth-order valence-electron chi connectivity index (χ4n) is 2.05. The Morgan fingerprint density at radius 1 is 1.26 bits per heavy atom. The summed E-state index contributed by atoms with van der Waals surface area (Å²) in [4.78, 5) is 0.996. The van der Waals surface area contributed by atoms with E-state index in [1.54, 1.807) is 11.3 Å². The first-order valence-corrected chi connectivity index (χ1v) is 7.24. The Morgan fingerprint density at radius 3 is 2.79 bits per heavy atom.